The summed E-state index contributed by atoms with van der Waals surface area (Å²) in [5.74, 6) is 1.72. The number of nitrogens with zero attached hydrogens (tertiary/aromatic N) is 4. The molecule has 0 saturated carbocycles. The average molecular weight is 627 g/mol. The van der Waals surface area contributed by atoms with Gasteiger partial charge in [-0.2, -0.15) is 0 Å². The SMILES string of the molecule is [C-]#[N+]c1ccc(-c2ccc(-c3ccc4c(oc5ccccc54)c3-c3nc(-c4ccccc4)nc(-c4ccc5ccccc5c4)n3)cc2)cc1. The van der Waals surface area contributed by atoms with Crippen LogP contribution in [0.15, 0.2) is 162 Å². The Balaban J connectivity index is 1.28. The van der Waals surface area contributed by atoms with Gasteiger partial charge in [0, 0.05) is 21.9 Å². The minimum atomic E-state index is 0.537. The molecule has 0 N–H and O–H groups in total. The predicted molar refractivity (Wildman–Crippen MR) is 198 cm³/mol. The molecule has 5 heteroatoms. The minimum Gasteiger partial charge on any atom is -0.455 e. The minimum absolute atomic E-state index is 0.537. The molecule has 0 aliphatic rings. The standard InChI is InChI=1S/C44H26N4O/c1-45-35-23-21-30(22-24-35)29-15-18-31(19-16-29)36-25-26-38-37-13-7-8-14-39(37)49-41(38)40(36)44-47-42(32-10-3-2-4-11-32)46-43(48-44)34-20-17-28-9-5-6-12-33(28)27-34/h2-27H. The summed E-state index contributed by atoms with van der Waals surface area (Å²) in [6, 6.07) is 53.1. The van der Waals surface area contributed by atoms with E-state index in [1.54, 1.807) is 0 Å². The van der Waals surface area contributed by atoms with Crippen molar-refractivity contribution < 1.29 is 4.42 Å². The van der Waals surface area contributed by atoms with Crippen molar-refractivity contribution in [1.29, 1.82) is 0 Å². The molecular formula is C44H26N4O. The first kappa shape index (κ1) is 28.3. The van der Waals surface area contributed by atoms with Crippen LogP contribution in [0, 0.1) is 6.57 Å². The van der Waals surface area contributed by atoms with Crippen LogP contribution in [-0.2, 0) is 0 Å². The lowest BCUT2D eigenvalue weighted by molar-refractivity contribution is 0.669. The van der Waals surface area contributed by atoms with Crippen LogP contribution in [0.3, 0.4) is 0 Å². The van der Waals surface area contributed by atoms with Gasteiger partial charge in [-0.25, -0.2) is 19.8 Å². The third kappa shape index (κ3) is 5.09. The molecule has 0 atom stereocenters. The topological polar surface area (TPSA) is 56.2 Å². The van der Waals surface area contributed by atoms with Crippen LogP contribution in [0.4, 0.5) is 5.69 Å². The molecule has 2 aromatic heterocycles. The van der Waals surface area contributed by atoms with Crippen LogP contribution in [-0.4, -0.2) is 15.0 Å². The van der Waals surface area contributed by atoms with Crippen molar-refractivity contribution in [2.45, 2.75) is 0 Å². The van der Waals surface area contributed by atoms with Crippen LogP contribution in [0.1, 0.15) is 0 Å². The zero-order valence-electron chi connectivity index (χ0n) is 26.2. The van der Waals surface area contributed by atoms with E-state index >= 15 is 0 Å². The fraction of sp³-hybridized carbons (Fsp3) is 0. The van der Waals surface area contributed by atoms with Crippen LogP contribution in [0.5, 0.6) is 0 Å². The molecule has 0 fully saturated rings. The van der Waals surface area contributed by atoms with Gasteiger partial charge in [-0.3, -0.25) is 0 Å². The van der Waals surface area contributed by atoms with Crippen molar-refractivity contribution in [3.05, 3.63) is 169 Å². The molecule has 0 aliphatic heterocycles. The van der Waals surface area contributed by atoms with Crippen molar-refractivity contribution >= 4 is 38.4 Å². The highest BCUT2D eigenvalue weighted by atomic mass is 16.3. The van der Waals surface area contributed by atoms with Crippen molar-refractivity contribution in [3.63, 3.8) is 0 Å². The first-order valence-corrected chi connectivity index (χ1v) is 16.1. The number of aromatic nitrogens is 3. The largest absolute Gasteiger partial charge is 0.455 e. The molecule has 0 amide bonds. The fourth-order valence-electron chi connectivity index (χ4n) is 6.48. The Morgan fingerprint density at radius 3 is 1.84 bits per heavy atom. The van der Waals surface area contributed by atoms with Gasteiger partial charge in [0.1, 0.15) is 11.2 Å². The van der Waals surface area contributed by atoms with E-state index in [0.717, 1.165) is 71.7 Å². The third-order valence-corrected chi connectivity index (χ3v) is 8.97. The highest BCUT2D eigenvalue weighted by molar-refractivity contribution is 6.12. The Labute approximate surface area is 282 Å². The van der Waals surface area contributed by atoms with Crippen molar-refractivity contribution in [2.24, 2.45) is 0 Å². The lowest BCUT2D eigenvalue weighted by atomic mass is 9.94. The van der Waals surface area contributed by atoms with Crippen molar-refractivity contribution in [2.75, 3.05) is 0 Å². The smallest absolute Gasteiger partial charge is 0.187 e. The van der Waals surface area contributed by atoms with E-state index in [4.69, 9.17) is 25.9 Å². The first-order chi connectivity index (χ1) is 24.2. The van der Waals surface area contributed by atoms with Crippen molar-refractivity contribution in [3.8, 4) is 56.4 Å². The predicted octanol–water partition coefficient (Wildman–Crippen LogP) is 11.8. The molecule has 0 radical (unpaired) electrons. The number of furan rings is 1. The maximum Gasteiger partial charge on any atom is 0.187 e. The van der Waals surface area contributed by atoms with Crippen LogP contribution >= 0.6 is 0 Å². The van der Waals surface area contributed by atoms with E-state index in [0.29, 0.717) is 23.2 Å². The molecule has 0 unspecified atom stereocenters. The molecule has 0 saturated heterocycles. The normalized spacial score (nSPS) is 11.2. The Bertz CT molecular complexity index is 2710. The zero-order valence-corrected chi connectivity index (χ0v) is 26.2. The summed E-state index contributed by atoms with van der Waals surface area (Å²) in [6.45, 7) is 7.29. The molecule has 5 nitrogen and oxygen atoms in total. The number of para-hydroxylation sites is 1. The van der Waals surface area contributed by atoms with Crippen LogP contribution < -0.4 is 0 Å². The number of rotatable bonds is 5. The van der Waals surface area contributed by atoms with Gasteiger partial charge < -0.3 is 4.42 Å². The second-order valence-corrected chi connectivity index (χ2v) is 11.9. The molecule has 2 heterocycles. The lowest BCUT2D eigenvalue weighted by Crippen LogP contribution is -2.01. The van der Waals surface area contributed by atoms with Gasteiger partial charge in [-0.1, -0.05) is 140 Å². The van der Waals surface area contributed by atoms with Gasteiger partial charge in [0.25, 0.3) is 0 Å². The number of hydrogen-bond donors (Lipinski definition) is 0. The van der Waals surface area contributed by atoms with E-state index in [1.165, 1.54) is 0 Å². The molecular weight excluding hydrogens is 601 g/mol. The van der Waals surface area contributed by atoms with E-state index in [1.807, 2.05) is 84.9 Å². The molecule has 0 spiro atoms. The highest BCUT2D eigenvalue weighted by Crippen LogP contribution is 2.42. The maximum atomic E-state index is 7.29. The van der Waals surface area contributed by atoms with E-state index < -0.39 is 0 Å². The molecule has 7 aromatic carbocycles. The molecule has 9 rings (SSSR count). The summed E-state index contributed by atoms with van der Waals surface area (Å²) < 4.78 is 6.64. The molecule has 0 bridgehead atoms. The summed E-state index contributed by atoms with van der Waals surface area (Å²) in [6.07, 6.45) is 0. The molecule has 228 valence electrons. The van der Waals surface area contributed by atoms with Gasteiger partial charge in [-0.15, -0.1) is 0 Å². The van der Waals surface area contributed by atoms with Crippen molar-refractivity contribution in [1.82, 2.24) is 15.0 Å². The lowest BCUT2D eigenvalue weighted by Gasteiger charge is -2.13. The van der Waals surface area contributed by atoms with E-state index in [-0.39, 0.29) is 0 Å². The van der Waals surface area contributed by atoms with E-state index in [2.05, 4.69) is 77.6 Å². The average Bonchev–Trinajstić information content (AvgIpc) is 3.56. The Kier molecular flexibility index (Phi) is 6.78. The van der Waals surface area contributed by atoms with Crippen LogP contribution in [0.25, 0.3) is 94.0 Å². The van der Waals surface area contributed by atoms with Crippen LogP contribution in [0.2, 0.25) is 0 Å². The monoisotopic (exact) mass is 626 g/mol. The second kappa shape index (κ2) is 11.7. The quantitative estimate of drug-likeness (QED) is 0.178. The first-order valence-electron chi connectivity index (χ1n) is 16.1. The number of fused-ring (bicyclic) bond motifs is 4. The summed E-state index contributed by atoms with van der Waals surface area (Å²) in [5.41, 5.74) is 8.86. The third-order valence-electron chi connectivity index (χ3n) is 8.97. The Morgan fingerprint density at radius 1 is 0.449 bits per heavy atom. The highest BCUT2D eigenvalue weighted by Gasteiger charge is 2.22. The maximum absolute atomic E-state index is 7.29. The number of hydrogen-bond acceptors (Lipinski definition) is 4. The Hall–Kier alpha value is -6.90. The van der Waals surface area contributed by atoms with Gasteiger partial charge in [0.2, 0.25) is 0 Å². The summed E-state index contributed by atoms with van der Waals surface area (Å²) in [5, 5.41) is 4.31. The molecule has 9 aromatic rings. The van der Waals surface area contributed by atoms with E-state index in [9.17, 15) is 0 Å². The van der Waals surface area contributed by atoms with Gasteiger partial charge >= 0.3 is 0 Å². The zero-order chi connectivity index (χ0) is 32.7. The fourth-order valence-corrected chi connectivity index (χ4v) is 6.48. The summed E-state index contributed by atoms with van der Waals surface area (Å²) in [7, 11) is 0. The second-order valence-electron chi connectivity index (χ2n) is 11.9. The molecule has 49 heavy (non-hydrogen) atoms. The summed E-state index contributed by atoms with van der Waals surface area (Å²) in [4.78, 5) is 18.9. The van der Waals surface area contributed by atoms with Gasteiger partial charge in [0.15, 0.2) is 23.2 Å². The number of benzene rings is 7. The Morgan fingerprint density at radius 2 is 1.06 bits per heavy atom. The van der Waals surface area contributed by atoms with Gasteiger partial charge in [-0.05, 0) is 51.2 Å². The summed E-state index contributed by atoms with van der Waals surface area (Å²) >= 11 is 0. The molecule has 0 aliphatic carbocycles. The van der Waals surface area contributed by atoms with Gasteiger partial charge in [0.05, 0.1) is 12.1 Å².